The lowest BCUT2D eigenvalue weighted by molar-refractivity contribution is 0.102. The SMILES string of the molecule is CC(C)COc1ccc(C(=O)Nc2c(C#N)cnn2C)cc1. The highest BCUT2D eigenvalue weighted by atomic mass is 16.5. The van der Waals surface area contributed by atoms with Crippen LogP contribution >= 0.6 is 0 Å². The third-order valence-corrected chi connectivity index (χ3v) is 2.99. The molecule has 0 aliphatic heterocycles. The topological polar surface area (TPSA) is 79.9 Å². The number of nitrogens with zero attached hydrogens (tertiary/aromatic N) is 3. The Labute approximate surface area is 129 Å². The van der Waals surface area contributed by atoms with Crippen molar-refractivity contribution in [3.8, 4) is 11.8 Å². The maximum atomic E-state index is 12.2. The molecule has 1 aromatic heterocycles. The summed E-state index contributed by atoms with van der Waals surface area (Å²) in [4.78, 5) is 12.2. The third-order valence-electron chi connectivity index (χ3n) is 2.99. The van der Waals surface area contributed by atoms with Crippen LogP contribution in [0.15, 0.2) is 30.5 Å². The number of carbonyl (C=O) groups is 1. The van der Waals surface area contributed by atoms with Crippen molar-refractivity contribution in [1.82, 2.24) is 9.78 Å². The van der Waals surface area contributed by atoms with Crippen molar-refractivity contribution < 1.29 is 9.53 Å². The number of amides is 1. The van der Waals surface area contributed by atoms with E-state index in [1.807, 2.05) is 6.07 Å². The van der Waals surface area contributed by atoms with Gasteiger partial charge in [-0.15, -0.1) is 0 Å². The fraction of sp³-hybridized carbons (Fsp3) is 0.312. The summed E-state index contributed by atoms with van der Waals surface area (Å²) in [6.07, 6.45) is 1.42. The molecule has 0 fully saturated rings. The Balaban J connectivity index is 2.07. The molecular weight excluding hydrogens is 280 g/mol. The molecule has 2 rings (SSSR count). The molecule has 0 spiro atoms. The monoisotopic (exact) mass is 298 g/mol. The van der Waals surface area contributed by atoms with E-state index in [2.05, 4.69) is 24.3 Å². The summed E-state index contributed by atoms with van der Waals surface area (Å²) >= 11 is 0. The number of carbonyl (C=O) groups excluding carboxylic acids is 1. The number of hydrogen-bond acceptors (Lipinski definition) is 4. The molecule has 0 unspecified atom stereocenters. The summed E-state index contributed by atoms with van der Waals surface area (Å²) in [6, 6.07) is 8.88. The van der Waals surface area contributed by atoms with Gasteiger partial charge in [0.05, 0.1) is 12.8 Å². The molecule has 6 nitrogen and oxygen atoms in total. The van der Waals surface area contributed by atoms with Crippen LogP contribution in [-0.2, 0) is 7.05 Å². The van der Waals surface area contributed by atoms with Gasteiger partial charge in [0.1, 0.15) is 23.2 Å². The molecule has 2 aromatic rings. The number of aromatic nitrogens is 2. The van der Waals surface area contributed by atoms with Crippen LogP contribution in [0.3, 0.4) is 0 Å². The van der Waals surface area contributed by atoms with Gasteiger partial charge in [-0.25, -0.2) is 0 Å². The van der Waals surface area contributed by atoms with E-state index in [4.69, 9.17) is 10.00 Å². The minimum atomic E-state index is -0.296. The fourth-order valence-electron chi connectivity index (χ4n) is 1.81. The summed E-state index contributed by atoms with van der Waals surface area (Å²) < 4.78 is 7.03. The number of hydrogen-bond donors (Lipinski definition) is 1. The van der Waals surface area contributed by atoms with Crippen LogP contribution in [0.25, 0.3) is 0 Å². The predicted octanol–water partition coefficient (Wildman–Crippen LogP) is 2.58. The van der Waals surface area contributed by atoms with Gasteiger partial charge in [0.15, 0.2) is 0 Å². The Morgan fingerprint density at radius 3 is 2.68 bits per heavy atom. The van der Waals surface area contributed by atoms with Crippen LogP contribution in [0.2, 0.25) is 0 Å². The van der Waals surface area contributed by atoms with E-state index in [1.165, 1.54) is 10.9 Å². The molecule has 1 aromatic carbocycles. The molecule has 114 valence electrons. The minimum Gasteiger partial charge on any atom is -0.493 e. The van der Waals surface area contributed by atoms with Crippen LogP contribution < -0.4 is 10.1 Å². The first-order valence-corrected chi connectivity index (χ1v) is 6.97. The van der Waals surface area contributed by atoms with Crippen LogP contribution in [0.5, 0.6) is 5.75 Å². The lowest BCUT2D eigenvalue weighted by Crippen LogP contribution is -2.15. The average Bonchev–Trinajstić information content (AvgIpc) is 2.86. The molecule has 0 aliphatic rings. The normalized spacial score (nSPS) is 10.3. The molecule has 22 heavy (non-hydrogen) atoms. The average molecular weight is 298 g/mol. The molecule has 0 aliphatic carbocycles. The lowest BCUT2D eigenvalue weighted by atomic mass is 10.2. The Hall–Kier alpha value is -2.81. The van der Waals surface area contributed by atoms with E-state index >= 15 is 0 Å². The first-order valence-electron chi connectivity index (χ1n) is 6.97. The molecule has 1 heterocycles. The van der Waals surface area contributed by atoms with Gasteiger partial charge in [-0.3, -0.25) is 9.48 Å². The van der Waals surface area contributed by atoms with Gasteiger partial charge in [-0.1, -0.05) is 13.8 Å². The van der Waals surface area contributed by atoms with Crippen molar-refractivity contribution in [2.45, 2.75) is 13.8 Å². The molecule has 0 bridgehead atoms. The number of ether oxygens (including phenoxy) is 1. The van der Waals surface area contributed by atoms with Crippen molar-refractivity contribution in [2.75, 3.05) is 11.9 Å². The fourth-order valence-corrected chi connectivity index (χ4v) is 1.81. The second-order valence-corrected chi connectivity index (χ2v) is 5.33. The largest absolute Gasteiger partial charge is 0.493 e. The molecule has 6 heteroatoms. The lowest BCUT2D eigenvalue weighted by Gasteiger charge is -2.09. The van der Waals surface area contributed by atoms with E-state index < -0.39 is 0 Å². The predicted molar refractivity (Wildman–Crippen MR) is 82.7 cm³/mol. The Morgan fingerprint density at radius 1 is 1.41 bits per heavy atom. The Morgan fingerprint density at radius 2 is 2.09 bits per heavy atom. The van der Waals surface area contributed by atoms with Gasteiger partial charge in [0, 0.05) is 12.6 Å². The zero-order valence-electron chi connectivity index (χ0n) is 12.8. The third kappa shape index (κ3) is 3.64. The maximum Gasteiger partial charge on any atom is 0.256 e. The van der Waals surface area contributed by atoms with Gasteiger partial charge in [0.25, 0.3) is 5.91 Å². The summed E-state index contributed by atoms with van der Waals surface area (Å²) in [6.45, 7) is 4.77. The minimum absolute atomic E-state index is 0.296. The maximum absolute atomic E-state index is 12.2. The van der Waals surface area contributed by atoms with E-state index in [9.17, 15) is 4.79 Å². The number of anilines is 1. The highest BCUT2D eigenvalue weighted by Crippen LogP contribution is 2.17. The van der Waals surface area contributed by atoms with Crippen molar-refractivity contribution >= 4 is 11.7 Å². The number of benzene rings is 1. The van der Waals surface area contributed by atoms with E-state index in [1.54, 1.807) is 31.3 Å². The molecule has 0 atom stereocenters. The van der Waals surface area contributed by atoms with Crippen LogP contribution in [0, 0.1) is 17.2 Å². The van der Waals surface area contributed by atoms with Crippen molar-refractivity contribution in [3.63, 3.8) is 0 Å². The molecular formula is C16H18N4O2. The zero-order chi connectivity index (χ0) is 16.1. The van der Waals surface area contributed by atoms with Gasteiger partial charge in [0.2, 0.25) is 0 Å². The second-order valence-electron chi connectivity index (χ2n) is 5.33. The second kappa shape index (κ2) is 6.76. The molecule has 1 amide bonds. The number of nitriles is 1. The molecule has 0 saturated carbocycles. The number of rotatable bonds is 5. The highest BCUT2D eigenvalue weighted by molar-refractivity contribution is 6.04. The number of nitrogens with one attached hydrogen (secondary N) is 1. The number of aryl methyl sites for hydroxylation is 1. The van der Waals surface area contributed by atoms with E-state index in [0.29, 0.717) is 29.5 Å². The first kappa shape index (κ1) is 15.6. The van der Waals surface area contributed by atoms with Crippen LogP contribution in [-0.4, -0.2) is 22.3 Å². The Bertz CT molecular complexity index is 696. The van der Waals surface area contributed by atoms with Gasteiger partial charge in [-0.05, 0) is 30.2 Å². The first-order chi connectivity index (χ1) is 10.5. The van der Waals surface area contributed by atoms with Gasteiger partial charge >= 0.3 is 0 Å². The summed E-state index contributed by atoms with van der Waals surface area (Å²) in [7, 11) is 1.67. The quantitative estimate of drug-likeness (QED) is 0.920. The summed E-state index contributed by atoms with van der Waals surface area (Å²) in [5, 5.41) is 15.6. The summed E-state index contributed by atoms with van der Waals surface area (Å²) in [5.41, 5.74) is 0.815. The van der Waals surface area contributed by atoms with Crippen LogP contribution in [0.4, 0.5) is 5.82 Å². The van der Waals surface area contributed by atoms with Crippen molar-refractivity contribution in [1.29, 1.82) is 5.26 Å². The van der Waals surface area contributed by atoms with E-state index in [0.717, 1.165) is 5.75 Å². The molecule has 1 N–H and O–H groups in total. The van der Waals surface area contributed by atoms with Gasteiger partial charge < -0.3 is 10.1 Å². The van der Waals surface area contributed by atoms with Crippen molar-refractivity contribution in [2.24, 2.45) is 13.0 Å². The Kier molecular flexibility index (Phi) is 4.79. The zero-order valence-corrected chi connectivity index (χ0v) is 12.8. The standard InChI is InChI=1S/C16H18N4O2/c1-11(2)10-22-14-6-4-12(5-7-14)16(21)19-15-13(8-17)9-18-20(15)3/h4-7,9,11H,10H2,1-3H3,(H,19,21). The van der Waals surface area contributed by atoms with Crippen LogP contribution in [0.1, 0.15) is 29.8 Å². The van der Waals surface area contributed by atoms with Gasteiger partial charge in [-0.2, -0.15) is 10.4 Å². The molecule has 0 radical (unpaired) electrons. The van der Waals surface area contributed by atoms with Crippen molar-refractivity contribution in [3.05, 3.63) is 41.6 Å². The summed E-state index contributed by atoms with van der Waals surface area (Å²) in [5.74, 6) is 1.25. The molecule has 0 saturated heterocycles. The highest BCUT2D eigenvalue weighted by Gasteiger charge is 2.13. The van der Waals surface area contributed by atoms with E-state index in [-0.39, 0.29) is 5.91 Å². The smallest absolute Gasteiger partial charge is 0.256 e.